The van der Waals surface area contributed by atoms with E-state index in [0.717, 1.165) is 6.61 Å². The van der Waals surface area contributed by atoms with Crippen LogP contribution in [0.1, 0.15) is 111 Å². The van der Waals surface area contributed by atoms with Gasteiger partial charge in [-0.3, -0.25) is 0 Å². The number of halogens is 1. The number of unbranched alkanes of at least 4 members (excludes halogenated alkanes) is 12. The third-order valence-electron chi connectivity index (χ3n) is 6.14. The van der Waals surface area contributed by atoms with Crippen LogP contribution >= 0.6 is 0 Å². The molecule has 0 radical (unpaired) electrons. The lowest BCUT2D eigenvalue weighted by molar-refractivity contribution is -0.927. The van der Waals surface area contributed by atoms with Gasteiger partial charge < -0.3 is 21.6 Å². The normalized spacial score (nSPS) is 18.3. The van der Waals surface area contributed by atoms with Crippen LogP contribution in [0.25, 0.3) is 0 Å². The van der Waals surface area contributed by atoms with Crippen molar-refractivity contribution in [3.05, 3.63) is 0 Å². The van der Waals surface area contributed by atoms with Crippen molar-refractivity contribution in [3.8, 4) is 0 Å². The summed E-state index contributed by atoms with van der Waals surface area (Å²) in [4.78, 5) is 0. The van der Waals surface area contributed by atoms with E-state index >= 15 is 0 Å². The highest BCUT2D eigenvalue weighted by Crippen LogP contribution is 2.21. The molecule has 0 spiro atoms. The minimum absolute atomic E-state index is 0. The van der Waals surface area contributed by atoms with Crippen LogP contribution in [0.2, 0.25) is 0 Å². The third kappa shape index (κ3) is 13.4. The summed E-state index contributed by atoms with van der Waals surface area (Å²) < 4.78 is 6.92. The molecule has 0 aromatic carbocycles. The topological polar surface area (TPSA) is 12.5 Å². The molecule has 0 aliphatic carbocycles. The molecule has 1 aliphatic heterocycles. The maximum absolute atomic E-state index is 5.59. The van der Waals surface area contributed by atoms with Gasteiger partial charge in [0.15, 0.2) is 0 Å². The first-order chi connectivity index (χ1) is 12.3. The molecule has 158 valence electrons. The van der Waals surface area contributed by atoms with Crippen LogP contribution < -0.4 is 12.4 Å². The number of hydrogen-bond donors (Lipinski definition) is 0. The van der Waals surface area contributed by atoms with E-state index in [1.54, 1.807) is 0 Å². The van der Waals surface area contributed by atoms with Crippen LogP contribution in [-0.2, 0) is 4.74 Å². The van der Waals surface area contributed by atoms with Gasteiger partial charge >= 0.3 is 0 Å². The van der Waals surface area contributed by atoms with Gasteiger partial charge in [0.25, 0.3) is 0 Å². The van der Waals surface area contributed by atoms with Crippen molar-refractivity contribution in [2.24, 2.45) is 0 Å². The average molecular weight is 390 g/mol. The molecule has 26 heavy (non-hydrogen) atoms. The maximum atomic E-state index is 5.59. The Morgan fingerprint density at radius 1 is 0.654 bits per heavy atom. The number of likely N-dealkylation sites (N-methyl/N-ethyl adjacent to an activating group) is 1. The summed E-state index contributed by atoms with van der Waals surface area (Å²) in [6, 6.07) is 0. The molecule has 1 heterocycles. The Balaban J connectivity index is 0.00000625. The minimum atomic E-state index is 0. The number of nitrogens with zero attached hydrogens (tertiary/aromatic N) is 1. The summed E-state index contributed by atoms with van der Waals surface area (Å²) in [5.41, 5.74) is 0. The predicted octanol–water partition coefficient (Wildman–Crippen LogP) is 3.73. The standard InChI is InChI=1S/C23H48NO.ClH/c1-4-7-9-11-13-14-16-18-20-24(6-3,21-23-22-25-23)19-17-15-12-10-8-5-2;/h23H,4-22H2,1-3H3;1H/q+1;/p-1. The summed E-state index contributed by atoms with van der Waals surface area (Å²) >= 11 is 0. The second-order valence-electron chi connectivity index (χ2n) is 8.49. The monoisotopic (exact) mass is 389 g/mol. The van der Waals surface area contributed by atoms with Gasteiger partial charge in [0.1, 0.15) is 12.6 Å². The number of epoxide rings is 1. The van der Waals surface area contributed by atoms with Crippen molar-refractivity contribution in [1.29, 1.82) is 0 Å². The molecule has 2 unspecified atom stereocenters. The number of hydrogen-bond acceptors (Lipinski definition) is 1. The van der Waals surface area contributed by atoms with E-state index in [1.807, 2.05) is 0 Å². The zero-order valence-electron chi connectivity index (χ0n) is 18.2. The maximum Gasteiger partial charge on any atom is 0.130 e. The zero-order chi connectivity index (χ0) is 18.2. The SMILES string of the molecule is CCCCCCCCCC[N+](CC)(CCCCCCCC)CC1CO1.[Cl-]. The molecule has 0 amide bonds. The summed E-state index contributed by atoms with van der Waals surface area (Å²) in [7, 11) is 0. The quantitative estimate of drug-likeness (QED) is 0.186. The lowest BCUT2D eigenvalue weighted by atomic mass is 10.1. The highest BCUT2D eigenvalue weighted by molar-refractivity contribution is 4.69. The van der Waals surface area contributed by atoms with Gasteiger partial charge in [0.05, 0.1) is 26.2 Å². The van der Waals surface area contributed by atoms with Crippen LogP contribution in [0.15, 0.2) is 0 Å². The minimum Gasteiger partial charge on any atom is -1.00 e. The van der Waals surface area contributed by atoms with Crippen LogP contribution in [0.5, 0.6) is 0 Å². The van der Waals surface area contributed by atoms with E-state index < -0.39 is 0 Å². The van der Waals surface area contributed by atoms with E-state index in [1.165, 1.54) is 121 Å². The van der Waals surface area contributed by atoms with E-state index in [9.17, 15) is 0 Å². The van der Waals surface area contributed by atoms with Crippen molar-refractivity contribution < 1.29 is 21.6 Å². The molecule has 2 atom stereocenters. The molecular weight excluding hydrogens is 342 g/mol. The van der Waals surface area contributed by atoms with E-state index in [-0.39, 0.29) is 12.4 Å². The summed E-state index contributed by atoms with van der Waals surface area (Å²) in [6.07, 6.45) is 20.5. The molecule has 1 aliphatic rings. The highest BCUT2D eigenvalue weighted by Gasteiger charge is 2.35. The molecular formula is C23H48ClNO. The fraction of sp³-hybridized carbons (Fsp3) is 1.00. The number of rotatable bonds is 19. The lowest BCUT2D eigenvalue weighted by Gasteiger charge is -2.38. The van der Waals surface area contributed by atoms with Crippen molar-refractivity contribution in [2.45, 2.75) is 117 Å². The fourth-order valence-corrected chi connectivity index (χ4v) is 4.15. The first kappa shape index (κ1) is 26.2. The average Bonchev–Trinajstić information content (AvgIpc) is 3.43. The molecule has 2 nitrogen and oxygen atoms in total. The summed E-state index contributed by atoms with van der Waals surface area (Å²) in [5, 5.41) is 0. The Morgan fingerprint density at radius 3 is 1.38 bits per heavy atom. The number of quaternary nitrogens is 1. The van der Waals surface area contributed by atoms with Crippen molar-refractivity contribution in [2.75, 3.05) is 32.8 Å². The van der Waals surface area contributed by atoms with E-state index in [0.29, 0.717) is 6.10 Å². The molecule has 1 saturated heterocycles. The van der Waals surface area contributed by atoms with Crippen molar-refractivity contribution in [3.63, 3.8) is 0 Å². The number of ether oxygens (including phenoxy) is 1. The van der Waals surface area contributed by atoms with Gasteiger partial charge in [-0.25, -0.2) is 0 Å². The lowest BCUT2D eigenvalue weighted by Crippen LogP contribution is -3.00. The summed E-state index contributed by atoms with van der Waals surface area (Å²) in [6.45, 7) is 13.4. The molecule has 3 heteroatoms. The highest BCUT2D eigenvalue weighted by atomic mass is 35.5. The van der Waals surface area contributed by atoms with E-state index in [2.05, 4.69) is 20.8 Å². The van der Waals surface area contributed by atoms with Gasteiger partial charge in [-0.15, -0.1) is 0 Å². The van der Waals surface area contributed by atoms with Crippen LogP contribution in [-0.4, -0.2) is 43.4 Å². The van der Waals surface area contributed by atoms with Gasteiger partial charge in [-0.1, -0.05) is 78.1 Å². The van der Waals surface area contributed by atoms with Crippen molar-refractivity contribution in [1.82, 2.24) is 0 Å². The first-order valence-corrected chi connectivity index (χ1v) is 11.7. The van der Waals surface area contributed by atoms with Crippen LogP contribution in [0, 0.1) is 0 Å². The fourth-order valence-electron chi connectivity index (χ4n) is 4.15. The van der Waals surface area contributed by atoms with Crippen molar-refractivity contribution >= 4 is 0 Å². The summed E-state index contributed by atoms with van der Waals surface area (Å²) in [5.74, 6) is 0. The third-order valence-corrected chi connectivity index (χ3v) is 6.14. The van der Waals surface area contributed by atoms with Gasteiger partial charge in [-0.2, -0.15) is 0 Å². The first-order valence-electron chi connectivity index (χ1n) is 11.7. The second-order valence-corrected chi connectivity index (χ2v) is 8.49. The molecule has 0 bridgehead atoms. The second kappa shape index (κ2) is 17.3. The molecule has 1 rings (SSSR count). The Hall–Kier alpha value is 0.210. The Morgan fingerprint density at radius 2 is 1.04 bits per heavy atom. The largest absolute Gasteiger partial charge is 1.00 e. The molecule has 0 aromatic rings. The van der Waals surface area contributed by atoms with Gasteiger partial charge in [0, 0.05) is 0 Å². The zero-order valence-corrected chi connectivity index (χ0v) is 19.0. The molecule has 0 saturated carbocycles. The van der Waals surface area contributed by atoms with Crippen LogP contribution in [0.4, 0.5) is 0 Å². The Labute approximate surface area is 171 Å². The Bertz CT molecular complexity index is 296. The van der Waals surface area contributed by atoms with E-state index in [4.69, 9.17) is 4.74 Å². The Kier molecular flexibility index (Phi) is 17.5. The molecule has 0 aromatic heterocycles. The van der Waals surface area contributed by atoms with Gasteiger partial charge in [-0.05, 0) is 32.6 Å². The van der Waals surface area contributed by atoms with Gasteiger partial charge in [0.2, 0.25) is 0 Å². The smallest absolute Gasteiger partial charge is 0.130 e. The van der Waals surface area contributed by atoms with Crippen LogP contribution in [0.3, 0.4) is 0 Å². The molecule has 0 N–H and O–H groups in total. The predicted molar refractivity (Wildman–Crippen MR) is 111 cm³/mol. The molecule has 1 fully saturated rings.